The van der Waals surface area contributed by atoms with Crippen LogP contribution in [0.3, 0.4) is 0 Å². The fraction of sp³-hybridized carbons (Fsp3) is 0.538. The Bertz CT molecular complexity index is 531. The summed E-state index contributed by atoms with van der Waals surface area (Å²) in [5.41, 5.74) is 2.11. The predicted octanol–water partition coefficient (Wildman–Crippen LogP) is 1.50. The number of hydrogen-bond acceptors (Lipinski definition) is 4. The highest BCUT2D eigenvalue weighted by Gasteiger charge is 2.22. The maximum atomic E-state index is 5.20. The molecule has 96 valence electrons. The van der Waals surface area contributed by atoms with Crippen molar-refractivity contribution < 1.29 is 4.74 Å². The van der Waals surface area contributed by atoms with Gasteiger partial charge in [0.15, 0.2) is 0 Å². The third-order valence-electron chi connectivity index (χ3n) is 3.47. The minimum Gasteiger partial charge on any atom is -0.383 e. The van der Waals surface area contributed by atoms with Crippen molar-refractivity contribution in [2.45, 2.75) is 25.4 Å². The van der Waals surface area contributed by atoms with Crippen LogP contribution in [0.15, 0.2) is 18.5 Å². The van der Waals surface area contributed by atoms with Gasteiger partial charge in [0.1, 0.15) is 11.3 Å². The molecule has 1 unspecified atom stereocenters. The van der Waals surface area contributed by atoms with Crippen molar-refractivity contribution >= 4 is 11.0 Å². The molecule has 0 aromatic carbocycles. The van der Waals surface area contributed by atoms with Gasteiger partial charge in [-0.2, -0.15) is 0 Å². The molecule has 0 aliphatic carbocycles. The molecule has 2 aromatic rings. The van der Waals surface area contributed by atoms with Crippen molar-refractivity contribution in [2.75, 3.05) is 20.3 Å². The smallest absolute Gasteiger partial charge is 0.127 e. The molecular weight excluding hydrogens is 228 g/mol. The van der Waals surface area contributed by atoms with E-state index in [0.29, 0.717) is 12.6 Å². The zero-order valence-corrected chi connectivity index (χ0v) is 10.6. The lowest BCUT2D eigenvalue weighted by molar-refractivity contribution is 0.187. The van der Waals surface area contributed by atoms with Crippen molar-refractivity contribution in [3.05, 3.63) is 24.3 Å². The van der Waals surface area contributed by atoms with Gasteiger partial charge in [-0.1, -0.05) is 0 Å². The number of fused-ring (bicyclic) bond motifs is 1. The van der Waals surface area contributed by atoms with E-state index in [4.69, 9.17) is 9.72 Å². The van der Waals surface area contributed by atoms with E-state index in [1.807, 2.05) is 18.5 Å². The molecular formula is C13H18N4O. The number of pyridine rings is 1. The number of nitrogens with one attached hydrogen (secondary N) is 1. The second-order valence-corrected chi connectivity index (χ2v) is 4.63. The van der Waals surface area contributed by atoms with Crippen LogP contribution in [0, 0.1) is 0 Å². The summed E-state index contributed by atoms with van der Waals surface area (Å²) in [4.78, 5) is 8.88. The molecule has 5 nitrogen and oxygen atoms in total. The van der Waals surface area contributed by atoms with Gasteiger partial charge in [0.05, 0.1) is 24.4 Å². The Morgan fingerprint density at radius 2 is 2.50 bits per heavy atom. The van der Waals surface area contributed by atoms with Gasteiger partial charge in [0.2, 0.25) is 0 Å². The van der Waals surface area contributed by atoms with Crippen LogP contribution in [0.5, 0.6) is 0 Å². The van der Waals surface area contributed by atoms with E-state index in [0.717, 1.165) is 36.4 Å². The number of rotatable bonds is 4. The average Bonchev–Trinajstić information content (AvgIpc) is 3.03. The number of ether oxygens (including phenoxy) is 1. The lowest BCUT2D eigenvalue weighted by Crippen LogP contribution is -2.19. The Kier molecular flexibility index (Phi) is 3.25. The highest BCUT2D eigenvalue weighted by Crippen LogP contribution is 2.25. The second-order valence-electron chi connectivity index (χ2n) is 4.63. The minimum absolute atomic E-state index is 0.370. The van der Waals surface area contributed by atoms with Gasteiger partial charge < -0.3 is 14.6 Å². The first-order valence-corrected chi connectivity index (χ1v) is 6.42. The van der Waals surface area contributed by atoms with Crippen LogP contribution >= 0.6 is 0 Å². The minimum atomic E-state index is 0.370. The van der Waals surface area contributed by atoms with Crippen molar-refractivity contribution in [3.8, 4) is 0 Å². The third kappa shape index (κ3) is 2.00. The van der Waals surface area contributed by atoms with Crippen LogP contribution < -0.4 is 5.32 Å². The fourth-order valence-electron chi connectivity index (χ4n) is 2.59. The third-order valence-corrected chi connectivity index (χ3v) is 3.47. The van der Waals surface area contributed by atoms with Gasteiger partial charge in [0.25, 0.3) is 0 Å². The van der Waals surface area contributed by atoms with Crippen LogP contribution in [0.25, 0.3) is 11.0 Å². The number of methoxy groups -OCH3 is 1. The molecule has 3 rings (SSSR count). The topological polar surface area (TPSA) is 52.0 Å². The molecule has 0 radical (unpaired) electrons. The van der Waals surface area contributed by atoms with Crippen LogP contribution in [0.1, 0.15) is 24.7 Å². The number of nitrogens with zero attached hydrogens (tertiary/aromatic N) is 3. The van der Waals surface area contributed by atoms with E-state index in [1.54, 1.807) is 7.11 Å². The second kappa shape index (κ2) is 5.04. The van der Waals surface area contributed by atoms with Crippen LogP contribution in [-0.4, -0.2) is 34.8 Å². The highest BCUT2D eigenvalue weighted by molar-refractivity contribution is 5.74. The maximum Gasteiger partial charge on any atom is 0.127 e. The molecule has 1 aliphatic heterocycles. The summed E-state index contributed by atoms with van der Waals surface area (Å²) in [7, 11) is 1.73. The van der Waals surface area contributed by atoms with Gasteiger partial charge in [-0.15, -0.1) is 0 Å². The Morgan fingerprint density at radius 1 is 1.56 bits per heavy atom. The first-order valence-electron chi connectivity index (χ1n) is 6.42. The summed E-state index contributed by atoms with van der Waals surface area (Å²) in [6.07, 6.45) is 6.02. The van der Waals surface area contributed by atoms with Gasteiger partial charge in [0, 0.05) is 19.9 Å². The summed E-state index contributed by atoms with van der Waals surface area (Å²) < 4.78 is 7.45. The molecule has 0 bridgehead atoms. The molecule has 0 saturated carbocycles. The van der Waals surface area contributed by atoms with Crippen LogP contribution in [0.2, 0.25) is 0 Å². The molecule has 18 heavy (non-hydrogen) atoms. The Morgan fingerprint density at radius 3 is 3.28 bits per heavy atom. The fourth-order valence-corrected chi connectivity index (χ4v) is 2.59. The normalized spacial score (nSPS) is 19.7. The monoisotopic (exact) mass is 246 g/mol. The molecule has 1 aliphatic rings. The maximum absolute atomic E-state index is 5.20. The van der Waals surface area contributed by atoms with E-state index >= 15 is 0 Å². The van der Waals surface area contributed by atoms with Gasteiger partial charge in [-0.25, -0.2) is 4.98 Å². The number of hydrogen-bond donors (Lipinski definition) is 1. The summed E-state index contributed by atoms with van der Waals surface area (Å²) in [6.45, 7) is 2.62. The molecule has 3 heterocycles. The lowest BCUT2D eigenvalue weighted by atomic mass is 10.2. The van der Waals surface area contributed by atoms with Crippen molar-refractivity contribution in [2.24, 2.45) is 0 Å². The Labute approximate surface area is 106 Å². The number of imidazole rings is 1. The first kappa shape index (κ1) is 11.6. The SMILES string of the molecule is COCCn1c(C2CCCN2)nc2cnccc21. The zero-order chi connectivity index (χ0) is 12.4. The van der Waals surface area contributed by atoms with E-state index in [9.17, 15) is 0 Å². The first-order chi connectivity index (χ1) is 8.90. The Hall–Kier alpha value is -1.46. The van der Waals surface area contributed by atoms with Crippen molar-refractivity contribution in [1.29, 1.82) is 0 Å². The average molecular weight is 246 g/mol. The molecule has 0 amide bonds. The summed E-state index contributed by atoms with van der Waals surface area (Å²) >= 11 is 0. The highest BCUT2D eigenvalue weighted by atomic mass is 16.5. The van der Waals surface area contributed by atoms with Crippen molar-refractivity contribution in [1.82, 2.24) is 19.9 Å². The standard InChI is InChI=1S/C13H18N4O/c1-18-8-7-17-12-4-6-14-9-11(12)16-13(17)10-3-2-5-15-10/h4,6,9-10,15H,2-3,5,7-8H2,1H3. The Balaban J connectivity index is 2.04. The van der Waals surface area contributed by atoms with Crippen LogP contribution in [-0.2, 0) is 11.3 Å². The molecule has 1 N–H and O–H groups in total. The predicted molar refractivity (Wildman–Crippen MR) is 69.4 cm³/mol. The van der Waals surface area contributed by atoms with Crippen LogP contribution in [0.4, 0.5) is 0 Å². The summed E-state index contributed by atoms with van der Waals surface area (Å²) in [5.74, 6) is 1.12. The van der Waals surface area contributed by atoms with Gasteiger partial charge in [-0.05, 0) is 25.5 Å². The zero-order valence-electron chi connectivity index (χ0n) is 10.6. The van der Waals surface area contributed by atoms with E-state index in [-0.39, 0.29) is 0 Å². The lowest BCUT2D eigenvalue weighted by Gasteiger charge is -2.13. The largest absolute Gasteiger partial charge is 0.383 e. The van der Waals surface area contributed by atoms with E-state index < -0.39 is 0 Å². The summed E-state index contributed by atoms with van der Waals surface area (Å²) in [6, 6.07) is 2.39. The van der Waals surface area contributed by atoms with E-state index in [1.165, 1.54) is 6.42 Å². The van der Waals surface area contributed by atoms with Gasteiger partial charge >= 0.3 is 0 Å². The molecule has 1 atom stereocenters. The summed E-state index contributed by atoms with van der Waals surface area (Å²) in [5, 5.41) is 3.51. The molecule has 1 saturated heterocycles. The molecule has 2 aromatic heterocycles. The molecule has 0 spiro atoms. The van der Waals surface area contributed by atoms with Crippen molar-refractivity contribution in [3.63, 3.8) is 0 Å². The van der Waals surface area contributed by atoms with Gasteiger partial charge in [-0.3, -0.25) is 4.98 Å². The molecule has 1 fully saturated rings. The molecule has 5 heteroatoms. The quantitative estimate of drug-likeness (QED) is 0.888. The number of aromatic nitrogens is 3. The van der Waals surface area contributed by atoms with E-state index in [2.05, 4.69) is 14.9 Å².